The van der Waals surface area contributed by atoms with Crippen molar-refractivity contribution >= 4 is 29.2 Å². The van der Waals surface area contributed by atoms with Gasteiger partial charge in [0, 0.05) is 6.42 Å². The van der Waals surface area contributed by atoms with Crippen molar-refractivity contribution in [1.82, 2.24) is 9.99 Å². The van der Waals surface area contributed by atoms with Gasteiger partial charge < -0.3 is 10.5 Å². The molecule has 8 nitrogen and oxygen atoms in total. The first-order chi connectivity index (χ1) is 16.5. The average molecular weight is 469 g/mol. The molecular formula is C25H20N6O2S. The largest absolute Gasteiger partial charge is 0.497 e. The smallest absolute Gasteiger partial charge is 0.253 e. The zero-order valence-electron chi connectivity index (χ0n) is 18.3. The zero-order chi connectivity index (χ0) is 24.1. The molecule has 9 heteroatoms. The molecule has 1 atom stereocenters. The van der Waals surface area contributed by atoms with Crippen LogP contribution in [0.5, 0.6) is 5.75 Å². The fraction of sp³-hybridized carbons (Fsp3) is 0.160. The Morgan fingerprint density at radius 1 is 1.15 bits per heavy atom. The van der Waals surface area contributed by atoms with Crippen LogP contribution >= 0.6 is 11.8 Å². The molecule has 1 aliphatic rings. The predicted octanol–water partition coefficient (Wildman–Crippen LogP) is 3.89. The van der Waals surface area contributed by atoms with E-state index in [-0.39, 0.29) is 34.6 Å². The van der Waals surface area contributed by atoms with Crippen LogP contribution in [0.2, 0.25) is 0 Å². The van der Waals surface area contributed by atoms with E-state index in [9.17, 15) is 10.1 Å². The third kappa shape index (κ3) is 4.70. The molecule has 0 unspecified atom stereocenters. The first-order valence-corrected chi connectivity index (χ1v) is 11.3. The van der Waals surface area contributed by atoms with Crippen molar-refractivity contribution in [2.24, 2.45) is 5.10 Å². The van der Waals surface area contributed by atoms with Crippen molar-refractivity contribution in [3.8, 4) is 17.9 Å². The molecule has 1 aromatic heterocycles. The number of nitrogens with zero attached hydrogens (tertiary/aromatic N) is 5. The monoisotopic (exact) mass is 468 g/mol. The third-order valence-electron chi connectivity index (χ3n) is 5.36. The van der Waals surface area contributed by atoms with E-state index in [4.69, 9.17) is 15.7 Å². The molecule has 0 aliphatic carbocycles. The van der Waals surface area contributed by atoms with Crippen LogP contribution in [0.1, 0.15) is 34.7 Å². The lowest BCUT2D eigenvalue weighted by Crippen LogP contribution is -2.28. The quantitative estimate of drug-likeness (QED) is 0.544. The number of amides is 1. The Bertz CT molecular complexity index is 1330. The molecule has 0 bridgehead atoms. The van der Waals surface area contributed by atoms with E-state index in [1.54, 1.807) is 7.11 Å². The lowest BCUT2D eigenvalue weighted by molar-refractivity contribution is -0.130. The number of nitriles is 2. The van der Waals surface area contributed by atoms with Crippen molar-refractivity contribution in [2.75, 3.05) is 18.6 Å². The van der Waals surface area contributed by atoms with Gasteiger partial charge in [-0.05, 0) is 29.3 Å². The summed E-state index contributed by atoms with van der Waals surface area (Å²) in [6.07, 6.45) is 0.568. The summed E-state index contributed by atoms with van der Waals surface area (Å²) in [5, 5.41) is 25.0. The minimum atomic E-state index is -0.274. The van der Waals surface area contributed by atoms with Crippen LogP contribution in [-0.2, 0) is 4.79 Å². The van der Waals surface area contributed by atoms with E-state index < -0.39 is 0 Å². The van der Waals surface area contributed by atoms with Gasteiger partial charge in [0.15, 0.2) is 0 Å². The first-order valence-electron chi connectivity index (χ1n) is 10.4. The Hall–Kier alpha value is -4.34. The number of hydrogen-bond donors (Lipinski definition) is 1. The molecule has 1 amide bonds. The number of methoxy groups -OCH3 is 1. The zero-order valence-corrected chi connectivity index (χ0v) is 19.1. The van der Waals surface area contributed by atoms with Crippen molar-refractivity contribution in [3.63, 3.8) is 0 Å². The molecule has 2 aromatic carbocycles. The van der Waals surface area contributed by atoms with Crippen molar-refractivity contribution < 1.29 is 9.53 Å². The maximum absolute atomic E-state index is 13.3. The molecular weight excluding hydrogens is 448 g/mol. The summed E-state index contributed by atoms with van der Waals surface area (Å²) in [5.41, 5.74) is 8.84. The van der Waals surface area contributed by atoms with E-state index in [0.29, 0.717) is 11.4 Å². The van der Waals surface area contributed by atoms with Gasteiger partial charge in [0.05, 0.1) is 35.7 Å². The van der Waals surface area contributed by atoms with Crippen LogP contribution in [0, 0.1) is 22.7 Å². The number of hydrazone groups is 1. The lowest BCUT2D eigenvalue weighted by Gasteiger charge is -2.22. The normalized spacial score (nSPS) is 14.7. The number of ether oxygens (including phenoxy) is 1. The molecule has 0 fully saturated rings. The summed E-state index contributed by atoms with van der Waals surface area (Å²) in [7, 11) is 1.60. The Morgan fingerprint density at radius 2 is 1.85 bits per heavy atom. The van der Waals surface area contributed by atoms with Crippen LogP contribution < -0.4 is 10.5 Å². The highest BCUT2D eigenvalue weighted by atomic mass is 32.2. The number of benzene rings is 2. The minimum absolute atomic E-state index is 0.00520. The molecule has 3 aromatic rings. The van der Waals surface area contributed by atoms with E-state index >= 15 is 0 Å². The van der Waals surface area contributed by atoms with E-state index in [1.807, 2.05) is 66.7 Å². The predicted molar refractivity (Wildman–Crippen MR) is 129 cm³/mol. The van der Waals surface area contributed by atoms with Gasteiger partial charge in [-0.3, -0.25) is 4.79 Å². The number of anilines is 1. The number of carbonyl (C=O) groups is 1. The maximum Gasteiger partial charge on any atom is 0.253 e. The molecule has 2 heterocycles. The summed E-state index contributed by atoms with van der Waals surface area (Å²) in [4.78, 5) is 17.4. The second-order valence-corrected chi connectivity index (χ2v) is 8.39. The second-order valence-electron chi connectivity index (χ2n) is 7.43. The van der Waals surface area contributed by atoms with Gasteiger partial charge >= 0.3 is 0 Å². The van der Waals surface area contributed by atoms with E-state index in [1.165, 1.54) is 11.1 Å². The van der Waals surface area contributed by atoms with Crippen molar-refractivity contribution in [2.45, 2.75) is 17.5 Å². The van der Waals surface area contributed by atoms with Gasteiger partial charge in [0.2, 0.25) is 0 Å². The SMILES string of the molecule is COc1ccc([C@H]2CC(c3ccccc3)=NN2C(=O)CSc2nc(N)c(C#N)cc2C#N)cc1. The summed E-state index contributed by atoms with van der Waals surface area (Å²) >= 11 is 1.10. The van der Waals surface area contributed by atoms with Crippen LogP contribution in [0.15, 0.2) is 70.8 Å². The van der Waals surface area contributed by atoms with Crippen LogP contribution in [0.4, 0.5) is 5.82 Å². The molecule has 168 valence electrons. The summed E-state index contributed by atoms with van der Waals surface area (Å²) in [5.74, 6) is 0.530. The minimum Gasteiger partial charge on any atom is -0.497 e. The number of aromatic nitrogens is 1. The van der Waals surface area contributed by atoms with Gasteiger partial charge in [-0.1, -0.05) is 54.2 Å². The molecule has 0 radical (unpaired) electrons. The number of hydrogen-bond acceptors (Lipinski definition) is 8. The molecule has 0 saturated carbocycles. The maximum atomic E-state index is 13.3. The van der Waals surface area contributed by atoms with Crippen molar-refractivity contribution in [3.05, 3.63) is 82.9 Å². The van der Waals surface area contributed by atoms with Crippen LogP contribution in [0.25, 0.3) is 0 Å². The number of thioether (sulfide) groups is 1. The Morgan fingerprint density at radius 3 is 2.50 bits per heavy atom. The van der Waals surface area contributed by atoms with E-state index in [0.717, 1.165) is 34.3 Å². The topological polar surface area (TPSA) is 128 Å². The standard InChI is InChI=1S/C25H20N6O2S/c1-33-20-9-7-17(8-10-20)22-12-21(16-5-3-2-4-6-16)30-31(22)23(32)15-34-25-19(14-27)11-18(13-26)24(28)29-25/h2-11,22H,12,15H2,1H3,(H2,28,29)/t22-/m1/s1. The summed E-state index contributed by atoms with van der Waals surface area (Å²) < 4.78 is 5.26. The molecule has 34 heavy (non-hydrogen) atoms. The van der Waals surface area contributed by atoms with E-state index in [2.05, 4.69) is 10.1 Å². The van der Waals surface area contributed by atoms with Crippen LogP contribution in [-0.4, -0.2) is 34.5 Å². The molecule has 1 aliphatic heterocycles. The Balaban J connectivity index is 1.60. The lowest BCUT2D eigenvalue weighted by atomic mass is 9.98. The molecule has 4 rings (SSSR count). The second kappa shape index (κ2) is 10.1. The number of rotatable bonds is 6. The number of nitrogen functional groups attached to an aromatic ring is 1. The Labute approximate surface area is 201 Å². The summed E-state index contributed by atoms with van der Waals surface area (Å²) in [6.45, 7) is 0. The average Bonchev–Trinajstić information content (AvgIpc) is 3.33. The first kappa shape index (κ1) is 22.8. The van der Waals surface area contributed by atoms with Crippen molar-refractivity contribution in [1.29, 1.82) is 10.5 Å². The Kier molecular flexibility index (Phi) is 6.77. The highest BCUT2D eigenvalue weighted by Gasteiger charge is 2.33. The number of carbonyl (C=O) groups excluding carboxylic acids is 1. The van der Waals surface area contributed by atoms with Gasteiger partial charge in [0.1, 0.15) is 28.7 Å². The number of pyridine rings is 1. The van der Waals surface area contributed by atoms with Gasteiger partial charge in [0.25, 0.3) is 5.91 Å². The van der Waals surface area contributed by atoms with Gasteiger partial charge in [-0.25, -0.2) is 9.99 Å². The number of nitrogens with two attached hydrogens (primary N) is 1. The summed E-state index contributed by atoms with van der Waals surface area (Å²) in [6, 6.07) is 22.3. The fourth-order valence-electron chi connectivity index (χ4n) is 3.62. The van der Waals surface area contributed by atoms with Crippen LogP contribution in [0.3, 0.4) is 0 Å². The molecule has 0 saturated heterocycles. The molecule has 0 spiro atoms. The molecule has 2 N–H and O–H groups in total. The highest BCUT2D eigenvalue weighted by molar-refractivity contribution is 8.00. The third-order valence-corrected chi connectivity index (χ3v) is 6.34. The van der Waals surface area contributed by atoms with Gasteiger partial charge in [-0.15, -0.1) is 0 Å². The highest BCUT2D eigenvalue weighted by Crippen LogP contribution is 2.34. The van der Waals surface area contributed by atoms with Gasteiger partial charge in [-0.2, -0.15) is 15.6 Å². The fourth-order valence-corrected chi connectivity index (χ4v) is 4.43.